The molecule has 1 fully saturated rings. The molecular formula is C19H18ClN3O2. The third-order valence-electron chi connectivity index (χ3n) is 3.95. The number of carbonyl (C=O) groups is 2. The van der Waals surface area contributed by atoms with Crippen molar-refractivity contribution >= 4 is 34.8 Å². The predicted molar refractivity (Wildman–Crippen MR) is 98.9 cm³/mol. The van der Waals surface area contributed by atoms with Gasteiger partial charge in [-0.05, 0) is 61.7 Å². The monoisotopic (exact) mass is 355 g/mol. The molecule has 25 heavy (non-hydrogen) atoms. The maximum atomic E-state index is 12.0. The third-order valence-corrected chi connectivity index (χ3v) is 4.20. The van der Waals surface area contributed by atoms with Crippen LogP contribution in [-0.2, 0) is 4.79 Å². The number of amides is 2. The number of hydrogen-bond acceptors (Lipinski definition) is 3. The zero-order valence-electron chi connectivity index (χ0n) is 13.8. The molecule has 128 valence electrons. The molecule has 0 unspecified atom stereocenters. The van der Waals surface area contributed by atoms with Gasteiger partial charge in [0.25, 0.3) is 5.91 Å². The summed E-state index contributed by atoms with van der Waals surface area (Å²) in [5.74, 6) is -0.0521. The first-order valence-electron chi connectivity index (χ1n) is 8.04. The standard InChI is InChI=1S/C19H18ClN3O2/c1-12(22-23-19(25)15-4-8-16(20)9-5-15)13-6-10-17(11-7-13)21-18(24)14-2-3-14/h4-11,14H,2-3H2,1H3,(H,21,24)(H,23,25). The van der Waals surface area contributed by atoms with E-state index in [1.54, 1.807) is 31.2 Å². The highest BCUT2D eigenvalue weighted by molar-refractivity contribution is 6.30. The van der Waals surface area contributed by atoms with E-state index in [1.165, 1.54) is 0 Å². The second-order valence-electron chi connectivity index (χ2n) is 5.99. The number of hydrazone groups is 1. The van der Waals surface area contributed by atoms with Crippen molar-refractivity contribution in [2.24, 2.45) is 11.0 Å². The quantitative estimate of drug-likeness (QED) is 0.631. The Kier molecular flexibility index (Phi) is 5.14. The molecule has 0 atom stereocenters. The predicted octanol–water partition coefficient (Wildman–Crippen LogP) is 3.84. The molecular weight excluding hydrogens is 338 g/mol. The van der Waals surface area contributed by atoms with Gasteiger partial charge in [0.1, 0.15) is 0 Å². The lowest BCUT2D eigenvalue weighted by Crippen LogP contribution is -2.19. The number of anilines is 1. The normalized spacial score (nSPS) is 14.1. The highest BCUT2D eigenvalue weighted by Gasteiger charge is 2.29. The van der Waals surface area contributed by atoms with Gasteiger partial charge in [0.2, 0.25) is 5.91 Å². The molecule has 0 radical (unpaired) electrons. The van der Waals surface area contributed by atoms with E-state index < -0.39 is 0 Å². The number of hydrogen-bond donors (Lipinski definition) is 2. The Morgan fingerprint density at radius 3 is 2.20 bits per heavy atom. The van der Waals surface area contributed by atoms with Crippen LogP contribution in [0.3, 0.4) is 0 Å². The fourth-order valence-corrected chi connectivity index (χ4v) is 2.38. The summed E-state index contributed by atoms with van der Waals surface area (Å²) in [6, 6.07) is 14.0. The molecule has 0 aliphatic heterocycles. The van der Waals surface area contributed by atoms with Gasteiger partial charge < -0.3 is 5.32 Å². The van der Waals surface area contributed by atoms with E-state index in [1.807, 2.05) is 24.3 Å². The number of nitrogens with zero attached hydrogens (tertiary/aromatic N) is 1. The van der Waals surface area contributed by atoms with Crippen LogP contribution in [0.25, 0.3) is 0 Å². The lowest BCUT2D eigenvalue weighted by atomic mass is 10.1. The van der Waals surface area contributed by atoms with Crippen molar-refractivity contribution in [1.29, 1.82) is 0 Å². The van der Waals surface area contributed by atoms with E-state index in [2.05, 4.69) is 15.8 Å². The lowest BCUT2D eigenvalue weighted by Gasteiger charge is -2.06. The van der Waals surface area contributed by atoms with Gasteiger partial charge in [-0.3, -0.25) is 9.59 Å². The van der Waals surface area contributed by atoms with Crippen molar-refractivity contribution in [3.05, 3.63) is 64.7 Å². The second-order valence-corrected chi connectivity index (χ2v) is 6.42. The summed E-state index contributed by atoms with van der Waals surface area (Å²) in [6.07, 6.45) is 1.95. The van der Waals surface area contributed by atoms with Gasteiger partial charge in [0.15, 0.2) is 0 Å². The molecule has 0 heterocycles. The number of halogens is 1. The first kappa shape index (κ1) is 17.2. The average Bonchev–Trinajstić information content (AvgIpc) is 3.46. The van der Waals surface area contributed by atoms with Gasteiger partial charge in [-0.2, -0.15) is 5.10 Å². The fourth-order valence-electron chi connectivity index (χ4n) is 2.25. The second kappa shape index (κ2) is 7.49. The highest BCUT2D eigenvalue weighted by Crippen LogP contribution is 2.30. The molecule has 0 saturated heterocycles. The number of nitrogens with one attached hydrogen (secondary N) is 2. The van der Waals surface area contributed by atoms with Gasteiger partial charge in [-0.15, -0.1) is 0 Å². The first-order valence-corrected chi connectivity index (χ1v) is 8.42. The van der Waals surface area contributed by atoms with Crippen LogP contribution in [0.4, 0.5) is 5.69 Å². The summed E-state index contributed by atoms with van der Waals surface area (Å²) in [7, 11) is 0. The van der Waals surface area contributed by atoms with Gasteiger partial charge in [0, 0.05) is 22.2 Å². The molecule has 2 aromatic rings. The van der Waals surface area contributed by atoms with Crippen molar-refractivity contribution in [3.8, 4) is 0 Å². The van der Waals surface area contributed by atoms with E-state index in [0.29, 0.717) is 16.3 Å². The van der Waals surface area contributed by atoms with E-state index in [-0.39, 0.29) is 17.7 Å². The third kappa shape index (κ3) is 4.67. The summed E-state index contributed by atoms with van der Waals surface area (Å²) in [4.78, 5) is 23.8. The molecule has 1 saturated carbocycles. The molecule has 6 heteroatoms. The molecule has 1 aliphatic carbocycles. The molecule has 0 spiro atoms. The van der Waals surface area contributed by atoms with Crippen molar-refractivity contribution < 1.29 is 9.59 Å². The van der Waals surface area contributed by atoms with Gasteiger partial charge >= 0.3 is 0 Å². The zero-order valence-corrected chi connectivity index (χ0v) is 14.5. The molecule has 2 aromatic carbocycles. The molecule has 2 amide bonds. The van der Waals surface area contributed by atoms with Crippen molar-refractivity contribution in [3.63, 3.8) is 0 Å². The van der Waals surface area contributed by atoms with Crippen LogP contribution in [-0.4, -0.2) is 17.5 Å². The zero-order chi connectivity index (χ0) is 17.8. The number of benzene rings is 2. The van der Waals surface area contributed by atoms with Crippen LogP contribution in [0.1, 0.15) is 35.7 Å². The summed E-state index contributed by atoms with van der Waals surface area (Å²) < 4.78 is 0. The van der Waals surface area contributed by atoms with Crippen molar-refractivity contribution in [2.75, 3.05) is 5.32 Å². The summed E-state index contributed by atoms with van der Waals surface area (Å²) in [5, 5.41) is 7.58. The number of carbonyl (C=O) groups excluding carboxylic acids is 2. The summed E-state index contributed by atoms with van der Waals surface area (Å²) >= 11 is 5.80. The Balaban J connectivity index is 1.60. The first-order chi connectivity index (χ1) is 12.0. The van der Waals surface area contributed by atoms with Gasteiger partial charge in [0.05, 0.1) is 5.71 Å². The molecule has 5 nitrogen and oxygen atoms in total. The SMILES string of the molecule is CC(=NNC(=O)c1ccc(Cl)cc1)c1ccc(NC(=O)C2CC2)cc1. The largest absolute Gasteiger partial charge is 0.326 e. The minimum Gasteiger partial charge on any atom is -0.326 e. The Morgan fingerprint density at radius 1 is 1.00 bits per heavy atom. The molecule has 0 bridgehead atoms. The molecule has 1 aliphatic rings. The molecule has 3 rings (SSSR count). The highest BCUT2D eigenvalue weighted by atomic mass is 35.5. The van der Waals surface area contributed by atoms with Crippen LogP contribution in [0.5, 0.6) is 0 Å². The summed E-state index contributed by atoms with van der Waals surface area (Å²) in [6.45, 7) is 1.81. The molecule has 2 N–H and O–H groups in total. The number of rotatable bonds is 5. The van der Waals surface area contributed by atoms with E-state index in [4.69, 9.17) is 11.6 Å². The Morgan fingerprint density at radius 2 is 1.60 bits per heavy atom. The van der Waals surface area contributed by atoms with Crippen LogP contribution in [0, 0.1) is 5.92 Å². The maximum Gasteiger partial charge on any atom is 0.271 e. The maximum absolute atomic E-state index is 12.0. The van der Waals surface area contributed by atoms with Crippen LogP contribution < -0.4 is 10.7 Å². The van der Waals surface area contributed by atoms with E-state index in [0.717, 1.165) is 24.1 Å². The smallest absolute Gasteiger partial charge is 0.271 e. The van der Waals surface area contributed by atoms with Gasteiger partial charge in [-0.1, -0.05) is 23.7 Å². The van der Waals surface area contributed by atoms with E-state index in [9.17, 15) is 9.59 Å². The Hall–Kier alpha value is -2.66. The van der Waals surface area contributed by atoms with Crippen LogP contribution in [0.15, 0.2) is 53.6 Å². The minimum atomic E-state index is -0.302. The van der Waals surface area contributed by atoms with Crippen molar-refractivity contribution in [1.82, 2.24) is 5.43 Å². The molecule has 0 aromatic heterocycles. The topological polar surface area (TPSA) is 70.6 Å². The van der Waals surface area contributed by atoms with Crippen LogP contribution in [0.2, 0.25) is 5.02 Å². The Labute approximate surface area is 151 Å². The Bertz CT molecular complexity index is 810. The average molecular weight is 356 g/mol. The lowest BCUT2D eigenvalue weighted by molar-refractivity contribution is -0.117. The van der Waals surface area contributed by atoms with Crippen LogP contribution >= 0.6 is 11.6 Å². The fraction of sp³-hybridized carbons (Fsp3) is 0.211. The van der Waals surface area contributed by atoms with Crippen molar-refractivity contribution in [2.45, 2.75) is 19.8 Å². The minimum absolute atomic E-state index is 0.0772. The van der Waals surface area contributed by atoms with E-state index >= 15 is 0 Å². The van der Waals surface area contributed by atoms with Gasteiger partial charge in [-0.25, -0.2) is 5.43 Å². The summed E-state index contributed by atoms with van der Waals surface area (Å²) in [5.41, 5.74) is 5.30.